The molecule has 22 heavy (non-hydrogen) atoms. The fourth-order valence-corrected chi connectivity index (χ4v) is 2.16. The minimum atomic E-state index is 0.281. The summed E-state index contributed by atoms with van der Waals surface area (Å²) in [6.07, 6.45) is 1.78. The van der Waals surface area contributed by atoms with Crippen LogP contribution < -0.4 is 4.74 Å². The highest BCUT2D eigenvalue weighted by molar-refractivity contribution is 6.50. The van der Waals surface area contributed by atoms with Crippen molar-refractivity contribution in [3.8, 4) is 17.1 Å². The Hall–Kier alpha value is -2.59. The number of methoxy groups -OCH3 is 1. The van der Waals surface area contributed by atoms with Gasteiger partial charge in [0.25, 0.3) is 5.89 Å². The zero-order chi connectivity index (χ0) is 15.4. The molecule has 3 aromatic rings. The van der Waals surface area contributed by atoms with Gasteiger partial charge in [-0.2, -0.15) is 4.98 Å². The molecular formula is C17H13ClN2O2. The average molecular weight is 313 g/mol. The van der Waals surface area contributed by atoms with Crippen LogP contribution in [-0.2, 0) is 0 Å². The first-order chi connectivity index (χ1) is 10.8. The molecule has 4 nitrogen and oxygen atoms in total. The molecule has 0 saturated carbocycles. The third kappa shape index (κ3) is 3.18. The molecule has 0 aliphatic carbocycles. The number of nitrogens with zero attached hydrogens (tertiary/aromatic N) is 2. The lowest BCUT2D eigenvalue weighted by molar-refractivity contribution is 0.409. The highest BCUT2D eigenvalue weighted by atomic mass is 35.5. The Morgan fingerprint density at radius 2 is 1.95 bits per heavy atom. The molecule has 5 heteroatoms. The van der Waals surface area contributed by atoms with Crippen molar-refractivity contribution in [1.29, 1.82) is 0 Å². The van der Waals surface area contributed by atoms with Gasteiger partial charge in [-0.15, -0.1) is 0 Å². The Morgan fingerprint density at radius 3 is 2.73 bits per heavy atom. The Kier molecular flexibility index (Phi) is 4.21. The molecule has 0 amide bonds. The van der Waals surface area contributed by atoms with Gasteiger partial charge in [-0.25, -0.2) is 0 Å². The molecule has 0 aliphatic heterocycles. The van der Waals surface area contributed by atoms with Crippen LogP contribution in [0.25, 0.3) is 22.5 Å². The number of hydrogen-bond acceptors (Lipinski definition) is 4. The SMILES string of the molecule is COc1cccc(-c2noc(/C(Cl)=C/c3ccccc3)n2)c1. The lowest BCUT2D eigenvalue weighted by atomic mass is 10.2. The standard InChI is InChI=1S/C17H13ClN2O2/c1-21-14-9-5-8-13(11-14)16-19-17(22-20-16)15(18)10-12-6-3-2-4-7-12/h2-11H,1H3/b15-10-. The molecule has 2 aromatic carbocycles. The zero-order valence-electron chi connectivity index (χ0n) is 11.9. The highest BCUT2D eigenvalue weighted by Gasteiger charge is 2.12. The van der Waals surface area contributed by atoms with Gasteiger partial charge in [-0.1, -0.05) is 59.2 Å². The van der Waals surface area contributed by atoms with Gasteiger partial charge in [-0.05, 0) is 23.8 Å². The van der Waals surface area contributed by atoms with E-state index in [0.717, 1.165) is 16.9 Å². The summed E-state index contributed by atoms with van der Waals surface area (Å²) in [5.74, 6) is 1.48. The molecule has 3 rings (SSSR count). The van der Waals surface area contributed by atoms with Crippen LogP contribution in [0.1, 0.15) is 11.5 Å². The third-order valence-corrected chi connectivity index (χ3v) is 3.32. The maximum atomic E-state index is 6.24. The summed E-state index contributed by atoms with van der Waals surface area (Å²) in [7, 11) is 1.61. The molecule has 0 radical (unpaired) electrons. The smallest absolute Gasteiger partial charge is 0.269 e. The second kappa shape index (κ2) is 6.45. The second-order valence-electron chi connectivity index (χ2n) is 4.56. The molecule has 1 aromatic heterocycles. The van der Waals surface area contributed by atoms with Crippen molar-refractivity contribution in [3.63, 3.8) is 0 Å². The maximum absolute atomic E-state index is 6.24. The van der Waals surface area contributed by atoms with Gasteiger partial charge in [0.1, 0.15) is 10.8 Å². The van der Waals surface area contributed by atoms with Gasteiger partial charge in [0.05, 0.1) is 7.11 Å². The number of ether oxygens (including phenoxy) is 1. The summed E-state index contributed by atoms with van der Waals surface area (Å²) in [5.41, 5.74) is 1.77. The van der Waals surface area contributed by atoms with E-state index in [2.05, 4.69) is 10.1 Å². The number of halogens is 1. The second-order valence-corrected chi connectivity index (χ2v) is 4.97. The molecule has 0 atom stereocenters. The number of aromatic nitrogens is 2. The highest BCUT2D eigenvalue weighted by Crippen LogP contribution is 2.25. The Morgan fingerprint density at radius 1 is 1.14 bits per heavy atom. The largest absolute Gasteiger partial charge is 0.497 e. The van der Waals surface area contributed by atoms with E-state index in [1.54, 1.807) is 13.2 Å². The summed E-state index contributed by atoms with van der Waals surface area (Å²) in [6.45, 7) is 0. The van der Waals surface area contributed by atoms with Crippen molar-refractivity contribution in [2.24, 2.45) is 0 Å². The third-order valence-electron chi connectivity index (χ3n) is 3.05. The number of rotatable bonds is 4. The van der Waals surface area contributed by atoms with Crippen molar-refractivity contribution < 1.29 is 9.26 Å². The lowest BCUT2D eigenvalue weighted by Crippen LogP contribution is -1.85. The van der Waals surface area contributed by atoms with Gasteiger partial charge in [0.2, 0.25) is 5.82 Å². The molecule has 0 aliphatic rings. The Balaban J connectivity index is 1.88. The molecule has 0 fully saturated rings. The van der Waals surface area contributed by atoms with E-state index >= 15 is 0 Å². The number of hydrogen-bond donors (Lipinski definition) is 0. The average Bonchev–Trinajstić information content (AvgIpc) is 3.06. The van der Waals surface area contributed by atoms with E-state index in [9.17, 15) is 0 Å². The van der Waals surface area contributed by atoms with Gasteiger partial charge in [0.15, 0.2) is 0 Å². The topological polar surface area (TPSA) is 48.2 Å². The molecule has 0 saturated heterocycles. The van der Waals surface area contributed by atoms with Crippen LogP contribution >= 0.6 is 11.6 Å². The molecule has 0 spiro atoms. The van der Waals surface area contributed by atoms with Gasteiger partial charge in [0, 0.05) is 5.56 Å². The summed E-state index contributed by atoms with van der Waals surface area (Å²) >= 11 is 6.24. The zero-order valence-corrected chi connectivity index (χ0v) is 12.6. The van der Waals surface area contributed by atoms with E-state index in [1.807, 2.05) is 54.6 Å². The molecule has 0 bridgehead atoms. The summed E-state index contributed by atoms with van der Waals surface area (Å²) < 4.78 is 10.4. The van der Waals surface area contributed by atoms with Crippen molar-refractivity contribution in [2.45, 2.75) is 0 Å². The maximum Gasteiger partial charge on any atom is 0.269 e. The quantitative estimate of drug-likeness (QED) is 0.712. The van der Waals surface area contributed by atoms with Crippen molar-refractivity contribution in [2.75, 3.05) is 7.11 Å². The molecule has 0 N–H and O–H groups in total. The van der Waals surface area contributed by atoms with E-state index < -0.39 is 0 Å². The molecule has 0 unspecified atom stereocenters. The fraction of sp³-hybridized carbons (Fsp3) is 0.0588. The number of benzene rings is 2. The van der Waals surface area contributed by atoms with Crippen molar-refractivity contribution in [3.05, 3.63) is 66.1 Å². The first kappa shape index (κ1) is 14.4. The van der Waals surface area contributed by atoms with Crippen molar-refractivity contribution in [1.82, 2.24) is 10.1 Å². The van der Waals surface area contributed by atoms with E-state index in [-0.39, 0.29) is 5.89 Å². The van der Waals surface area contributed by atoms with Gasteiger partial charge in [-0.3, -0.25) is 0 Å². The summed E-state index contributed by atoms with van der Waals surface area (Å²) in [4.78, 5) is 4.32. The van der Waals surface area contributed by atoms with Crippen LogP contribution in [0.3, 0.4) is 0 Å². The lowest BCUT2D eigenvalue weighted by Gasteiger charge is -1.99. The Bertz CT molecular complexity index is 797. The van der Waals surface area contributed by atoms with Crippen LogP contribution in [0, 0.1) is 0 Å². The van der Waals surface area contributed by atoms with Crippen LogP contribution in [0.5, 0.6) is 5.75 Å². The summed E-state index contributed by atoms with van der Waals surface area (Å²) in [6, 6.07) is 17.1. The van der Waals surface area contributed by atoms with Crippen LogP contribution in [0.4, 0.5) is 0 Å². The van der Waals surface area contributed by atoms with Crippen LogP contribution in [0.2, 0.25) is 0 Å². The fourth-order valence-electron chi connectivity index (χ4n) is 1.96. The predicted octanol–water partition coefficient (Wildman–Crippen LogP) is 4.48. The van der Waals surface area contributed by atoms with Gasteiger partial charge < -0.3 is 9.26 Å². The van der Waals surface area contributed by atoms with Crippen molar-refractivity contribution >= 4 is 22.7 Å². The normalized spacial score (nSPS) is 11.5. The first-order valence-electron chi connectivity index (χ1n) is 6.67. The van der Waals surface area contributed by atoms with Crippen LogP contribution in [-0.4, -0.2) is 17.3 Å². The van der Waals surface area contributed by atoms with E-state index in [1.165, 1.54) is 0 Å². The monoisotopic (exact) mass is 312 g/mol. The van der Waals surface area contributed by atoms with Gasteiger partial charge >= 0.3 is 0 Å². The van der Waals surface area contributed by atoms with Crippen LogP contribution in [0.15, 0.2) is 59.1 Å². The molecular weight excluding hydrogens is 300 g/mol. The minimum absolute atomic E-state index is 0.281. The molecule has 110 valence electrons. The Labute approximate surface area is 133 Å². The van der Waals surface area contributed by atoms with E-state index in [4.69, 9.17) is 20.9 Å². The molecule has 1 heterocycles. The minimum Gasteiger partial charge on any atom is -0.497 e. The first-order valence-corrected chi connectivity index (χ1v) is 7.05. The van der Waals surface area contributed by atoms with E-state index in [0.29, 0.717) is 10.9 Å². The summed E-state index contributed by atoms with van der Waals surface area (Å²) in [5, 5.41) is 4.35. The predicted molar refractivity (Wildman–Crippen MR) is 86.5 cm³/mol.